The van der Waals surface area contributed by atoms with Crippen LogP contribution in [0.1, 0.15) is 37.8 Å². The first-order valence-electron chi connectivity index (χ1n) is 10.8. The summed E-state index contributed by atoms with van der Waals surface area (Å²) < 4.78 is 7.29. The molecule has 4 heterocycles. The largest absolute Gasteiger partial charge is 0.383 e. The highest BCUT2D eigenvalue weighted by Crippen LogP contribution is 2.31. The molecular formula is C22H32N4O2S. The second-order valence-electron chi connectivity index (χ2n) is 8.22. The molecule has 0 aromatic carbocycles. The van der Waals surface area contributed by atoms with Crippen LogP contribution in [0.2, 0.25) is 0 Å². The summed E-state index contributed by atoms with van der Waals surface area (Å²) in [6.45, 7) is 4.55. The van der Waals surface area contributed by atoms with Crippen molar-refractivity contribution < 1.29 is 9.53 Å². The molecule has 2 fully saturated rings. The van der Waals surface area contributed by atoms with Crippen LogP contribution in [0.3, 0.4) is 0 Å². The number of piperidine rings is 2. The van der Waals surface area contributed by atoms with Gasteiger partial charge < -0.3 is 19.1 Å². The van der Waals surface area contributed by atoms with Gasteiger partial charge in [-0.3, -0.25) is 4.79 Å². The third kappa shape index (κ3) is 5.08. The molecular weight excluding hydrogens is 384 g/mol. The number of carbonyl (C=O) groups is 1. The maximum Gasteiger partial charge on any atom is 0.228 e. The van der Waals surface area contributed by atoms with Crippen molar-refractivity contribution >= 4 is 17.2 Å². The van der Waals surface area contributed by atoms with Gasteiger partial charge in [0, 0.05) is 44.0 Å². The minimum atomic E-state index is 0.166. The lowest BCUT2D eigenvalue weighted by molar-refractivity contribution is -0.132. The Balaban J connectivity index is 1.41. The summed E-state index contributed by atoms with van der Waals surface area (Å²) in [6, 6.07) is 4.62. The van der Waals surface area contributed by atoms with Gasteiger partial charge in [0.1, 0.15) is 0 Å². The summed E-state index contributed by atoms with van der Waals surface area (Å²) >= 11 is 1.58. The van der Waals surface area contributed by atoms with Crippen molar-refractivity contribution in [2.75, 3.05) is 39.9 Å². The third-order valence-electron chi connectivity index (χ3n) is 6.30. The quantitative estimate of drug-likeness (QED) is 0.663. The van der Waals surface area contributed by atoms with Gasteiger partial charge in [0.15, 0.2) is 5.13 Å². The molecule has 158 valence electrons. The molecule has 2 unspecified atom stereocenters. The standard InChI is InChI=1S/C22H32N4O2S/c1-28-14-13-26(16-18-7-6-12-24-9-3-2-8-20(18)24)21(27)15-19-17-29-22(23-19)25-10-4-5-11-25/h4-5,10-11,17-18,20H,2-3,6-9,12-16H2,1H3. The Morgan fingerprint density at radius 3 is 2.90 bits per heavy atom. The molecule has 7 heteroatoms. The predicted molar refractivity (Wildman–Crippen MR) is 116 cm³/mol. The monoisotopic (exact) mass is 416 g/mol. The molecule has 4 rings (SSSR count). The van der Waals surface area contributed by atoms with E-state index in [1.54, 1.807) is 18.4 Å². The number of thiazole rings is 1. The number of nitrogens with zero attached hydrogens (tertiary/aromatic N) is 4. The number of aromatic nitrogens is 2. The van der Waals surface area contributed by atoms with E-state index in [0.29, 0.717) is 31.5 Å². The lowest BCUT2D eigenvalue weighted by Crippen LogP contribution is -2.52. The minimum absolute atomic E-state index is 0.166. The zero-order valence-corrected chi connectivity index (χ0v) is 18.1. The maximum atomic E-state index is 13.2. The summed E-state index contributed by atoms with van der Waals surface area (Å²) in [5.74, 6) is 0.745. The third-order valence-corrected chi connectivity index (χ3v) is 7.20. The fourth-order valence-electron chi connectivity index (χ4n) is 4.82. The molecule has 2 saturated heterocycles. The highest BCUT2D eigenvalue weighted by atomic mass is 32.1. The number of methoxy groups -OCH3 is 1. The van der Waals surface area contributed by atoms with E-state index in [-0.39, 0.29) is 5.91 Å². The molecule has 0 spiro atoms. The summed E-state index contributed by atoms with van der Waals surface area (Å²) in [5, 5.41) is 2.91. The summed E-state index contributed by atoms with van der Waals surface area (Å²) in [4.78, 5) is 22.5. The highest BCUT2D eigenvalue weighted by molar-refractivity contribution is 7.12. The number of amides is 1. The van der Waals surface area contributed by atoms with E-state index in [1.165, 1.54) is 45.2 Å². The molecule has 0 aliphatic carbocycles. The van der Waals surface area contributed by atoms with Crippen molar-refractivity contribution in [1.82, 2.24) is 19.4 Å². The van der Waals surface area contributed by atoms with Crippen molar-refractivity contribution in [2.24, 2.45) is 5.92 Å². The minimum Gasteiger partial charge on any atom is -0.383 e. The number of rotatable bonds is 8. The van der Waals surface area contributed by atoms with Gasteiger partial charge in [-0.05, 0) is 56.8 Å². The number of ether oxygens (including phenoxy) is 1. The first-order chi connectivity index (χ1) is 14.2. The summed E-state index contributed by atoms with van der Waals surface area (Å²) in [7, 11) is 1.70. The Hall–Kier alpha value is -1.70. The zero-order valence-electron chi connectivity index (χ0n) is 17.3. The molecule has 29 heavy (non-hydrogen) atoms. The lowest BCUT2D eigenvalue weighted by atomic mass is 9.83. The number of fused-ring (bicyclic) bond motifs is 1. The lowest BCUT2D eigenvalue weighted by Gasteiger charge is -2.45. The van der Waals surface area contributed by atoms with E-state index >= 15 is 0 Å². The zero-order chi connectivity index (χ0) is 20.1. The van der Waals surface area contributed by atoms with Crippen LogP contribution in [0.4, 0.5) is 0 Å². The van der Waals surface area contributed by atoms with Crippen molar-refractivity contribution in [3.05, 3.63) is 35.6 Å². The molecule has 0 bridgehead atoms. The van der Waals surface area contributed by atoms with Crippen LogP contribution in [0.25, 0.3) is 5.13 Å². The molecule has 2 aliphatic heterocycles. The molecule has 0 saturated carbocycles. The molecule has 0 radical (unpaired) electrons. The SMILES string of the molecule is COCCN(CC1CCCN2CCCCC12)C(=O)Cc1csc(-n2cccc2)n1. The molecule has 6 nitrogen and oxygen atoms in total. The first-order valence-corrected chi connectivity index (χ1v) is 11.7. The Labute approximate surface area is 177 Å². The normalized spacial score (nSPS) is 22.4. The van der Waals surface area contributed by atoms with Crippen LogP contribution in [-0.4, -0.2) is 71.2 Å². The number of hydrogen-bond acceptors (Lipinski definition) is 5. The average molecular weight is 417 g/mol. The molecule has 0 N–H and O–H groups in total. The predicted octanol–water partition coefficient (Wildman–Crippen LogP) is 3.22. The van der Waals surface area contributed by atoms with E-state index in [4.69, 9.17) is 4.74 Å². The van der Waals surface area contributed by atoms with Gasteiger partial charge in [0.05, 0.1) is 18.7 Å². The Kier molecular flexibility index (Phi) is 7.00. The van der Waals surface area contributed by atoms with Crippen molar-refractivity contribution in [1.29, 1.82) is 0 Å². The van der Waals surface area contributed by atoms with Crippen LogP contribution in [0, 0.1) is 5.92 Å². The highest BCUT2D eigenvalue weighted by Gasteiger charge is 2.34. The van der Waals surface area contributed by atoms with E-state index in [0.717, 1.165) is 17.4 Å². The summed E-state index contributed by atoms with van der Waals surface area (Å²) in [5.41, 5.74) is 0.856. The van der Waals surface area contributed by atoms with E-state index in [9.17, 15) is 4.79 Å². The van der Waals surface area contributed by atoms with Crippen LogP contribution in [-0.2, 0) is 16.0 Å². The average Bonchev–Trinajstić information content (AvgIpc) is 3.43. The second-order valence-corrected chi connectivity index (χ2v) is 9.06. The maximum absolute atomic E-state index is 13.2. The number of carbonyl (C=O) groups excluding carboxylic acids is 1. The van der Waals surface area contributed by atoms with E-state index in [1.807, 2.05) is 39.4 Å². The topological polar surface area (TPSA) is 50.6 Å². The molecule has 2 aromatic rings. The van der Waals surface area contributed by atoms with Gasteiger partial charge >= 0.3 is 0 Å². The smallest absolute Gasteiger partial charge is 0.228 e. The van der Waals surface area contributed by atoms with Gasteiger partial charge in [-0.15, -0.1) is 11.3 Å². The molecule has 2 atom stereocenters. The summed E-state index contributed by atoms with van der Waals surface area (Å²) in [6.07, 6.45) is 10.7. The Morgan fingerprint density at radius 2 is 2.07 bits per heavy atom. The second kappa shape index (κ2) is 9.87. The van der Waals surface area contributed by atoms with Crippen molar-refractivity contribution in [3.8, 4) is 5.13 Å². The van der Waals surface area contributed by atoms with E-state index in [2.05, 4.69) is 9.88 Å². The van der Waals surface area contributed by atoms with Gasteiger partial charge in [0.25, 0.3) is 0 Å². The van der Waals surface area contributed by atoms with Crippen LogP contribution < -0.4 is 0 Å². The van der Waals surface area contributed by atoms with Gasteiger partial charge in [-0.2, -0.15) is 0 Å². The fraction of sp³-hybridized carbons (Fsp3) is 0.636. The van der Waals surface area contributed by atoms with Gasteiger partial charge in [0.2, 0.25) is 5.91 Å². The van der Waals surface area contributed by atoms with Gasteiger partial charge in [-0.1, -0.05) is 6.42 Å². The fourth-order valence-corrected chi connectivity index (χ4v) is 5.61. The van der Waals surface area contributed by atoms with Gasteiger partial charge in [-0.25, -0.2) is 4.98 Å². The van der Waals surface area contributed by atoms with Crippen LogP contribution in [0.15, 0.2) is 29.9 Å². The van der Waals surface area contributed by atoms with Crippen molar-refractivity contribution in [3.63, 3.8) is 0 Å². The molecule has 2 aromatic heterocycles. The Bertz CT molecular complexity index is 774. The number of hydrogen-bond donors (Lipinski definition) is 0. The van der Waals surface area contributed by atoms with Crippen molar-refractivity contribution in [2.45, 2.75) is 44.6 Å². The van der Waals surface area contributed by atoms with Crippen LogP contribution >= 0.6 is 11.3 Å². The first kappa shape index (κ1) is 20.6. The van der Waals surface area contributed by atoms with Crippen LogP contribution in [0.5, 0.6) is 0 Å². The molecule has 1 amide bonds. The molecule has 2 aliphatic rings. The van der Waals surface area contributed by atoms with E-state index < -0.39 is 0 Å². The Morgan fingerprint density at radius 1 is 1.24 bits per heavy atom.